The number of carbonyl (C=O) groups is 2. The van der Waals surface area contributed by atoms with Crippen molar-refractivity contribution >= 4 is 17.5 Å². The van der Waals surface area contributed by atoms with Gasteiger partial charge in [0.2, 0.25) is 0 Å². The number of hydrogen-bond acceptors (Lipinski definition) is 4. The Morgan fingerprint density at radius 1 is 1.15 bits per heavy atom. The van der Waals surface area contributed by atoms with Crippen LogP contribution in [0.15, 0.2) is 66.7 Å². The second-order valence-electron chi connectivity index (χ2n) is 7.81. The lowest BCUT2D eigenvalue weighted by Gasteiger charge is -2.23. The number of benzene rings is 3. The molecule has 7 heteroatoms. The van der Waals surface area contributed by atoms with Gasteiger partial charge in [-0.3, -0.25) is 9.59 Å². The van der Waals surface area contributed by atoms with Gasteiger partial charge >= 0.3 is 0 Å². The molecule has 4 rings (SSSR count). The molecule has 0 saturated heterocycles. The van der Waals surface area contributed by atoms with E-state index in [1.807, 2.05) is 6.92 Å². The van der Waals surface area contributed by atoms with E-state index in [1.54, 1.807) is 72.7 Å². The summed E-state index contributed by atoms with van der Waals surface area (Å²) in [5.41, 5.74) is 2.24. The van der Waals surface area contributed by atoms with Crippen LogP contribution in [0.3, 0.4) is 0 Å². The topological polar surface area (TPSA) is 67.9 Å². The molecule has 1 atom stereocenters. The Hall–Kier alpha value is -3.87. The predicted octanol–water partition coefficient (Wildman–Crippen LogP) is 4.79. The van der Waals surface area contributed by atoms with Crippen LogP contribution in [-0.2, 0) is 17.9 Å². The number of nitrogens with zero attached hydrogens (tertiary/aromatic N) is 1. The summed E-state index contributed by atoms with van der Waals surface area (Å²) in [6.45, 7) is 2.25. The van der Waals surface area contributed by atoms with Gasteiger partial charge in [0.25, 0.3) is 11.8 Å². The largest absolute Gasteiger partial charge is 0.497 e. The first kappa shape index (κ1) is 22.3. The van der Waals surface area contributed by atoms with Gasteiger partial charge in [0.1, 0.15) is 17.3 Å². The van der Waals surface area contributed by atoms with Crippen molar-refractivity contribution in [2.24, 2.45) is 0 Å². The molecular weight excluding hydrogens is 423 g/mol. The summed E-state index contributed by atoms with van der Waals surface area (Å²) in [6.07, 6.45) is -0.167. The molecule has 0 fully saturated rings. The molecule has 3 aromatic rings. The number of anilines is 1. The van der Waals surface area contributed by atoms with Crippen molar-refractivity contribution in [1.29, 1.82) is 0 Å². The predicted molar refractivity (Wildman–Crippen MR) is 123 cm³/mol. The maximum absolute atomic E-state index is 14.2. The van der Waals surface area contributed by atoms with Crippen molar-refractivity contribution in [3.63, 3.8) is 0 Å². The lowest BCUT2D eigenvalue weighted by molar-refractivity contribution is -0.139. The number of halogens is 1. The van der Waals surface area contributed by atoms with E-state index in [-0.39, 0.29) is 30.7 Å². The van der Waals surface area contributed by atoms with E-state index in [0.29, 0.717) is 34.7 Å². The van der Waals surface area contributed by atoms with Crippen molar-refractivity contribution in [2.75, 3.05) is 12.4 Å². The van der Waals surface area contributed by atoms with E-state index >= 15 is 0 Å². The molecule has 1 N–H and O–H groups in total. The first-order valence-corrected chi connectivity index (χ1v) is 10.8. The highest BCUT2D eigenvalue weighted by Gasteiger charge is 2.30. The Morgan fingerprint density at radius 2 is 1.91 bits per heavy atom. The smallest absolute Gasteiger partial charge is 0.264 e. The number of nitrogens with one attached hydrogen (secondary N) is 1. The number of methoxy groups -OCH3 is 1. The fourth-order valence-electron chi connectivity index (χ4n) is 3.76. The average Bonchev–Trinajstić information content (AvgIpc) is 2.96. The third kappa shape index (κ3) is 4.98. The summed E-state index contributed by atoms with van der Waals surface area (Å²) < 4.78 is 25.3. The minimum Gasteiger partial charge on any atom is -0.497 e. The van der Waals surface area contributed by atoms with E-state index in [2.05, 4.69) is 5.32 Å². The number of hydrogen-bond donors (Lipinski definition) is 1. The Bertz CT molecular complexity index is 1160. The zero-order valence-electron chi connectivity index (χ0n) is 18.5. The van der Waals surface area contributed by atoms with Crippen LogP contribution in [0.5, 0.6) is 11.5 Å². The third-order valence-corrected chi connectivity index (χ3v) is 5.58. The summed E-state index contributed by atoms with van der Waals surface area (Å²) in [5, 5.41) is 2.88. The number of amides is 2. The van der Waals surface area contributed by atoms with E-state index in [0.717, 1.165) is 5.56 Å². The molecule has 1 heterocycles. The molecule has 2 amide bonds. The molecule has 1 aliphatic heterocycles. The quantitative estimate of drug-likeness (QED) is 0.589. The van der Waals surface area contributed by atoms with Gasteiger partial charge in [0.05, 0.1) is 7.11 Å². The SMILES string of the molecule is CC[C@H]1Oc2ccc(NC(=O)c3ccc(OC)cc3)cc2CN(Cc2ccccc2F)C1=O. The van der Waals surface area contributed by atoms with E-state index in [9.17, 15) is 14.0 Å². The van der Waals surface area contributed by atoms with Crippen LogP contribution in [0.25, 0.3) is 0 Å². The van der Waals surface area contributed by atoms with Gasteiger partial charge in [-0.2, -0.15) is 0 Å². The first-order chi connectivity index (χ1) is 16.0. The normalized spacial score (nSPS) is 15.3. The Kier molecular flexibility index (Phi) is 6.58. The molecule has 6 nitrogen and oxygen atoms in total. The summed E-state index contributed by atoms with van der Waals surface area (Å²) >= 11 is 0. The zero-order valence-corrected chi connectivity index (χ0v) is 18.5. The molecule has 170 valence electrons. The summed E-state index contributed by atoms with van der Waals surface area (Å²) in [4.78, 5) is 27.3. The van der Waals surface area contributed by atoms with Crippen molar-refractivity contribution in [2.45, 2.75) is 32.5 Å². The number of carbonyl (C=O) groups excluding carboxylic acids is 2. The standard InChI is InChI=1S/C26H25FN2O4/c1-3-23-26(31)29(15-18-6-4-5-7-22(18)27)16-19-14-20(10-13-24(19)33-23)28-25(30)17-8-11-21(32-2)12-9-17/h4-14,23H,3,15-16H2,1-2H3,(H,28,30)/t23-/m1/s1. The maximum atomic E-state index is 14.2. The lowest BCUT2D eigenvalue weighted by atomic mass is 10.1. The molecule has 0 saturated carbocycles. The molecule has 0 radical (unpaired) electrons. The molecule has 33 heavy (non-hydrogen) atoms. The minimum absolute atomic E-state index is 0.132. The Morgan fingerprint density at radius 3 is 2.61 bits per heavy atom. The van der Waals surface area contributed by atoms with Crippen molar-refractivity contribution in [3.05, 3.63) is 89.2 Å². The van der Waals surface area contributed by atoms with Crippen LogP contribution in [0, 0.1) is 5.82 Å². The average molecular weight is 448 g/mol. The van der Waals surface area contributed by atoms with Crippen LogP contribution in [0.4, 0.5) is 10.1 Å². The van der Waals surface area contributed by atoms with Gasteiger partial charge in [0, 0.05) is 35.5 Å². The second-order valence-corrected chi connectivity index (χ2v) is 7.81. The summed E-state index contributed by atoms with van der Waals surface area (Å²) in [6, 6.07) is 18.5. The minimum atomic E-state index is -0.655. The second kappa shape index (κ2) is 9.73. The first-order valence-electron chi connectivity index (χ1n) is 10.8. The van der Waals surface area contributed by atoms with Gasteiger partial charge in [-0.1, -0.05) is 25.1 Å². The molecule has 0 aromatic heterocycles. The number of rotatable bonds is 6. The van der Waals surface area contributed by atoms with E-state index in [4.69, 9.17) is 9.47 Å². The molecule has 0 unspecified atom stereocenters. The maximum Gasteiger partial charge on any atom is 0.264 e. The van der Waals surface area contributed by atoms with E-state index < -0.39 is 6.10 Å². The molecule has 0 aliphatic carbocycles. The summed E-state index contributed by atoms with van der Waals surface area (Å²) in [5.74, 6) is 0.426. The van der Waals surface area contributed by atoms with E-state index in [1.165, 1.54) is 6.07 Å². The van der Waals surface area contributed by atoms with Crippen molar-refractivity contribution in [1.82, 2.24) is 4.90 Å². The Balaban J connectivity index is 1.58. The molecular formula is C26H25FN2O4. The molecule has 3 aromatic carbocycles. The third-order valence-electron chi connectivity index (χ3n) is 5.58. The van der Waals surface area contributed by atoms with Crippen molar-refractivity contribution in [3.8, 4) is 11.5 Å². The highest BCUT2D eigenvalue weighted by Crippen LogP contribution is 2.30. The molecule has 1 aliphatic rings. The number of fused-ring (bicyclic) bond motifs is 1. The van der Waals surface area contributed by atoms with Crippen LogP contribution in [0.2, 0.25) is 0 Å². The zero-order chi connectivity index (χ0) is 23.4. The highest BCUT2D eigenvalue weighted by atomic mass is 19.1. The molecule has 0 bridgehead atoms. The van der Waals surface area contributed by atoms with Crippen molar-refractivity contribution < 1.29 is 23.5 Å². The van der Waals surface area contributed by atoms with Gasteiger partial charge in [-0.25, -0.2) is 4.39 Å². The number of ether oxygens (including phenoxy) is 2. The van der Waals surface area contributed by atoms with Gasteiger partial charge in [-0.15, -0.1) is 0 Å². The fraction of sp³-hybridized carbons (Fsp3) is 0.231. The van der Waals surface area contributed by atoms with Crippen LogP contribution in [0.1, 0.15) is 34.8 Å². The highest BCUT2D eigenvalue weighted by molar-refractivity contribution is 6.04. The fourth-order valence-corrected chi connectivity index (χ4v) is 3.76. The monoisotopic (exact) mass is 448 g/mol. The van der Waals surface area contributed by atoms with Gasteiger partial charge < -0.3 is 19.7 Å². The van der Waals surface area contributed by atoms with Crippen LogP contribution >= 0.6 is 0 Å². The van der Waals surface area contributed by atoms with Gasteiger partial charge in [0.15, 0.2) is 6.10 Å². The Labute approximate surface area is 191 Å². The van der Waals surface area contributed by atoms with Crippen LogP contribution < -0.4 is 14.8 Å². The molecule has 0 spiro atoms. The van der Waals surface area contributed by atoms with Crippen LogP contribution in [-0.4, -0.2) is 29.9 Å². The van der Waals surface area contributed by atoms with Gasteiger partial charge in [-0.05, 0) is 55.0 Å². The lowest BCUT2D eigenvalue weighted by Crippen LogP contribution is -2.39. The summed E-state index contributed by atoms with van der Waals surface area (Å²) in [7, 11) is 1.57.